The van der Waals surface area contributed by atoms with Crippen LogP contribution in [0.25, 0.3) is 0 Å². The molecular weight excluding hydrogens is 594 g/mol. The first-order chi connectivity index (χ1) is 19.1. The summed E-state index contributed by atoms with van der Waals surface area (Å²) in [6.45, 7) is 0.0546. The van der Waals surface area contributed by atoms with Crippen LogP contribution in [0.5, 0.6) is 5.75 Å². The summed E-state index contributed by atoms with van der Waals surface area (Å²) in [5.74, 6) is 0.557. The van der Waals surface area contributed by atoms with Gasteiger partial charge in [0.05, 0.1) is 12.0 Å². The minimum Gasteiger partial charge on any atom is -0.497 e. The SMILES string of the molecule is COc1cccc(C[C@@H]2CN(S(=O)(=O)c3ccccc3S)CCN2c2ccc(C(O)(C(F)(F)F)C(F)(F)F)cc2)c1. The average molecular weight is 621 g/mol. The van der Waals surface area contributed by atoms with Gasteiger partial charge in [-0.15, -0.1) is 12.6 Å². The third kappa shape index (κ3) is 6.01. The fourth-order valence-electron chi connectivity index (χ4n) is 4.83. The number of ether oxygens (including phenoxy) is 1. The highest BCUT2D eigenvalue weighted by atomic mass is 32.2. The van der Waals surface area contributed by atoms with E-state index in [-0.39, 0.29) is 41.5 Å². The normalized spacial score (nSPS) is 17.5. The van der Waals surface area contributed by atoms with Crippen LogP contribution in [-0.2, 0) is 22.0 Å². The van der Waals surface area contributed by atoms with E-state index >= 15 is 0 Å². The molecule has 1 fully saturated rings. The van der Waals surface area contributed by atoms with Crippen LogP contribution in [0.2, 0.25) is 0 Å². The third-order valence-electron chi connectivity index (χ3n) is 6.97. The van der Waals surface area contributed by atoms with Crippen molar-refractivity contribution in [1.82, 2.24) is 4.31 Å². The molecule has 0 aromatic heterocycles. The first kappa shape index (κ1) is 31.0. The number of alkyl halides is 6. The van der Waals surface area contributed by atoms with Gasteiger partial charge >= 0.3 is 12.4 Å². The van der Waals surface area contributed by atoms with Gasteiger partial charge in [0.25, 0.3) is 5.60 Å². The summed E-state index contributed by atoms with van der Waals surface area (Å²) in [6.07, 6.45) is -11.7. The fraction of sp³-hybridized carbons (Fsp3) is 0.333. The Morgan fingerprint density at radius 1 is 0.927 bits per heavy atom. The zero-order chi connectivity index (χ0) is 30.2. The molecule has 0 amide bonds. The maximum absolute atomic E-state index is 13.5. The standard InChI is InChI=1S/C27H26F6N2O4S2/c1-39-22-6-4-5-18(16-22)15-21-17-34(41(37,38)24-8-3-2-7-23(24)40)13-14-35(21)20-11-9-19(10-12-20)25(36,26(28,29)30)27(31,32)33/h2-12,16,21,36,40H,13-15,17H2,1H3/t21-/m1/s1. The van der Waals surface area contributed by atoms with Crippen molar-refractivity contribution in [2.24, 2.45) is 0 Å². The zero-order valence-electron chi connectivity index (χ0n) is 21.5. The first-order valence-electron chi connectivity index (χ1n) is 12.2. The van der Waals surface area contributed by atoms with Gasteiger partial charge in [-0.1, -0.05) is 36.4 Å². The van der Waals surface area contributed by atoms with Crippen molar-refractivity contribution < 1.29 is 44.6 Å². The smallest absolute Gasteiger partial charge is 0.430 e. The van der Waals surface area contributed by atoms with E-state index in [1.807, 2.05) is 0 Å². The Bertz CT molecular complexity index is 1470. The summed E-state index contributed by atoms with van der Waals surface area (Å²) in [7, 11) is -2.49. The molecule has 6 nitrogen and oxygen atoms in total. The van der Waals surface area contributed by atoms with Crippen molar-refractivity contribution in [3.8, 4) is 5.75 Å². The topological polar surface area (TPSA) is 70.1 Å². The lowest BCUT2D eigenvalue weighted by atomic mass is 9.92. The maximum Gasteiger partial charge on any atom is 0.430 e. The van der Waals surface area contributed by atoms with E-state index in [0.29, 0.717) is 17.9 Å². The molecule has 1 saturated heterocycles. The lowest BCUT2D eigenvalue weighted by Crippen LogP contribution is -2.56. The van der Waals surface area contributed by atoms with E-state index in [9.17, 15) is 39.9 Å². The molecule has 41 heavy (non-hydrogen) atoms. The second-order valence-electron chi connectivity index (χ2n) is 9.49. The Kier molecular flexibility index (Phi) is 8.61. The number of benzene rings is 3. The van der Waals surface area contributed by atoms with Gasteiger partial charge in [-0.25, -0.2) is 8.42 Å². The lowest BCUT2D eigenvalue weighted by Gasteiger charge is -2.42. The number of aliphatic hydroxyl groups is 1. The number of anilines is 1. The van der Waals surface area contributed by atoms with Gasteiger partial charge in [0.2, 0.25) is 10.0 Å². The Morgan fingerprint density at radius 2 is 1.56 bits per heavy atom. The number of hydrogen-bond acceptors (Lipinski definition) is 6. The number of piperazine rings is 1. The molecule has 1 aliphatic heterocycles. The molecule has 0 bridgehead atoms. The van der Waals surface area contributed by atoms with Crippen LogP contribution in [0.4, 0.5) is 32.0 Å². The minimum atomic E-state index is -6.01. The van der Waals surface area contributed by atoms with E-state index in [2.05, 4.69) is 12.6 Å². The molecule has 0 saturated carbocycles. The van der Waals surface area contributed by atoms with Crippen LogP contribution >= 0.6 is 12.6 Å². The number of methoxy groups -OCH3 is 1. The number of hydrogen-bond donors (Lipinski definition) is 2. The van der Waals surface area contributed by atoms with Crippen LogP contribution in [-0.4, -0.2) is 63.0 Å². The highest BCUT2D eigenvalue weighted by Crippen LogP contribution is 2.50. The molecule has 0 spiro atoms. The van der Waals surface area contributed by atoms with Gasteiger partial charge in [0, 0.05) is 41.8 Å². The fourth-order valence-corrected chi connectivity index (χ4v) is 6.89. The highest BCUT2D eigenvalue weighted by molar-refractivity contribution is 7.90. The van der Waals surface area contributed by atoms with Gasteiger partial charge in [-0.05, 0) is 48.4 Å². The van der Waals surface area contributed by atoms with Crippen LogP contribution in [0.15, 0.2) is 82.6 Å². The molecule has 222 valence electrons. The minimum absolute atomic E-state index is 0.00412. The third-order valence-corrected chi connectivity index (χ3v) is 9.44. The van der Waals surface area contributed by atoms with Gasteiger partial charge in [-0.3, -0.25) is 0 Å². The van der Waals surface area contributed by atoms with Gasteiger partial charge in [0.15, 0.2) is 0 Å². The highest BCUT2D eigenvalue weighted by Gasteiger charge is 2.71. The van der Waals surface area contributed by atoms with Crippen molar-refractivity contribution in [3.05, 3.63) is 83.9 Å². The molecule has 1 atom stereocenters. The Hall–Kier alpha value is -2.94. The van der Waals surface area contributed by atoms with Gasteiger partial charge < -0.3 is 14.7 Å². The predicted molar refractivity (Wildman–Crippen MR) is 143 cm³/mol. The molecule has 0 unspecified atom stereocenters. The lowest BCUT2D eigenvalue weighted by molar-refractivity contribution is -0.376. The average Bonchev–Trinajstić information content (AvgIpc) is 2.91. The van der Waals surface area contributed by atoms with E-state index in [4.69, 9.17) is 4.74 Å². The summed E-state index contributed by atoms with van der Waals surface area (Å²) in [5, 5.41) is 9.75. The number of sulfonamides is 1. The Morgan fingerprint density at radius 3 is 2.15 bits per heavy atom. The van der Waals surface area contributed by atoms with Gasteiger partial charge in [0.1, 0.15) is 5.75 Å². The van der Waals surface area contributed by atoms with E-state index in [1.165, 1.54) is 17.5 Å². The number of halogens is 6. The van der Waals surface area contributed by atoms with E-state index < -0.39 is 39.6 Å². The van der Waals surface area contributed by atoms with Crippen molar-refractivity contribution in [1.29, 1.82) is 0 Å². The summed E-state index contributed by atoms with van der Waals surface area (Å²) in [4.78, 5) is 2.00. The van der Waals surface area contributed by atoms with Crippen molar-refractivity contribution in [2.75, 3.05) is 31.6 Å². The van der Waals surface area contributed by atoms with Crippen LogP contribution in [0.1, 0.15) is 11.1 Å². The molecule has 4 rings (SSSR count). The molecule has 0 aliphatic carbocycles. The van der Waals surface area contributed by atoms with Crippen LogP contribution in [0.3, 0.4) is 0 Å². The molecule has 0 radical (unpaired) electrons. The summed E-state index contributed by atoms with van der Waals surface area (Å²) >= 11 is 4.27. The van der Waals surface area contributed by atoms with Crippen LogP contribution < -0.4 is 9.64 Å². The molecule has 3 aromatic carbocycles. The summed E-state index contributed by atoms with van der Waals surface area (Å²) in [5.41, 5.74) is -5.39. The molecule has 3 aromatic rings. The Balaban J connectivity index is 1.70. The number of rotatable bonds is 7. The number of nitrogens with zero attached hydrogens (tertiary/aromatic N) is 2. The quantitative estimate of drug-likeness (QED) is 0.273. The first-order valence-corrected chi connectivity index (χ1v) is 14.1. The molecule has 1 aliphatic rings. The number of thiol groups is 1. The predicted octanol–water partition coefficient (Wildman–Crippen LogP) is 5.42. The molecule has 1 heterocycles. The monoisotopic (exact) mass is 620 g/mol. The summed E-state index contributed by atoms with van der Waals surface area (Å²) < 4.78 is 114. The maximum atomic E-state index is 13.5. The van der Waals surface area contributed by atoms with Gasteiger partial charge in [-0.2, -0.15) is 30.6 Å². The molecule has 14 heteroatoms. The van der Waals surface area contributed by atoms with Crippen molar-refractivity contribution >= 4 is 28.3 Å². The van der Waals surface area contributed by atoms with E-state index in [0.717, 1.165) is 17.7 Å². The molecular formula is C27H26F6N2O4S2. The van der Waals surface area contributed by atoms with E-state index in [1.54, 1.807) is 47.4 Å². The largest absolute Gasteiger partial charge is 0.497 e. The molecule has 1 N–H and O–H groups in total. The second kappa shape index (κ2) is 11.4. The Labute approximate surface area is 238 Å². The second-order valence-corrected chi connectivity index (χ2v) is 11.9. The van der Waals surface area contributed by atoms with Crippen molar-refractivity contribution in [2.45, 2.75) is 40.2 Å². The summed E-state index contributed by atoms with van der Waals surface area (Å²) in [6, 6.07) is 15.9. The van der Waals surface area contributed by atoms with Crippen LogP contribution in [0, 0.1) is 0 Å². The van der Waals surface area contributed by atoms with Crippen molar-refractivity contribution in [3.63, 3.8) is 0 Å². The zero-order valence-corrected chi connectivity index (χ0v) is 23.2.